The molecule has 1 atom stereocenters. The highest BCUT2D eigenvalue weighted by Crippen LogP contribution is 2.40. The van der Waals surface area contributed by atoms with Gasteiger partial charge in [0.2, 0.25) is 0 Å². The minimum absolute atomic E-state index is 0.0158. The van der Waals surface area contributed by atoms with E-state index in [0.717, 1.165) is 27.9 Å². The quantitative estimate of drug-likeness (QED) is 0.271. The van der Waals surface area contributed by atoms with Crippen LogP contribution in [0.25, 0.3) is 11.0 Å². The fourth-order valence-corrected chi connectivity index (χ4v) is 6.39. The Morgan fingerprint density at radius 3 is 2.25 bits per heavy atom. The number of benzene rings is 3. The molecule has 0 amide bonds. The monoisotopic (exact) mass is 443 g/mol. The molecule has 0 radical (unpaired) electrons. The topological polar surface area (TPSA) is 57.0 Å². The van der Waals surface area contributed by atoms with Crippen LogP contribution in [0, 0.1) is 6.92 Å². The second kappa shape index (κ2) is 8.35. The van der Waals surface area contributed by atoms with E-state index in [1.165, 1.54) is 0 Å². The summed E-state index contributed by atoms with van der Waals surface area (Å²) in [5.41, 5.74) is 3.35. The van der Waals surface area contributed by atoms with Crippen LogP contribution in [0.4, 0.5) is 0 Å². The molecule has 5 nitrogen and oxygen atoms in total. The van der Waals surface area contributed by atoms with Gasteiger partial charge in [0.15, 0.2) is 11.3 Å². The zero-order chi connectivity index (χ0) is 22.9. The molecule has 4 aromatic rings. The molecule has 1 unspecified atom stereocenters. The van der Waals surface area contributed by atoms with Gasteiger partial charge in [0.1, 0.15) is 11.3 Å². The minimum atomic E-state index is -1.78. The summed E-state index contributed by atoms with van der Waals surface area (Å²) in [6.07, 6.45) is 0. The molecule has 4 rings (SSSR count). The number of carbonyl (C=O) groups is 1. The number of para-hydroxylation sites is 1. The molecule has 3 aromatic carbocycles. The van der Waals surface area contributed by atoms with E-state index in [4.69, 9.17) is 4.74 Å². The maximum Gasteiger partial charge on any atom is 0.194 e. The van der Waals surface area contributed by atoms with Gasteiger partial charge in [-0.1, -0.05) is 66.8 Å². The molecule has 1 heterocycles. The average Bonchev–Trinajstić information content (AvgIpc) is 3.21. The first-order valence-electron chi connectivity index (χ1n) is 10.8. The Morgan fingerprint density at radius 1 is 0.969 bits per heavy atom. The van der Waals surface area contributed by atoms with Gasteiger partial charge in [-0.25, -0.2) is 4.68 Å². The lowest BCUT2D eigenvalue weighted by atomic mass is 9.83. The lowest BCUT2D eigenvalue weighted by molar-refractivity contribution is 0.0858. The number of carbonyl (C=O) groups excluding carboxylic acids is 1. The Labute approximate surface area is 190 Å². The number of Topliss-reactive ketones (excluding diaryl/α,β-unsaturated/α-hetero) is 1. The lowest BCUT2D eigenvalue weighted by Gasteiger charge is -2.38. The van der Waals surface area contributed by atoms with Crippen molar-refractivity contribution in [1.29, 1.82) is 0 Å². The van der Waals surface area contributed by atoms with Crippen LogP contribution in [-0.2, 0) is 5.54 Å². The van der Waals surface area contributed by atoms with Crippen LogP contribution in [0.2, 0.25) is 25.7 Å². The summed E-state index contributed by atoms with van der Waals surface area (Å²) in [6.45, 7) is 8.92. The predicted octanol–water partition coefficient (Wildman–Crippen LogP) is 5.71. The Morgan fingerprint density at radius 2 is 1.62 bits per heavy atom. The average molecular weight is 444 g/mol. The normalized spacial score (nSPS) is 13.7. The summed E-state index contributed by atoms with van der Waals surface area (Å²) in [4.78, 5) is 14.5. The van der Waals surface area contributed by atoms with E-state index in [9.17, 15) is 4.79 Å². The highest BCUT2D eigenvalue weighted by molar-refractivity contribution is 6.76. The summed E-state index contributed by atoms with van der Waals surface area (Å²) in [5, 5.41) is 8.99. The molecule has 0 N–H and O–H groups in total. The first-order chi connectivity index (χ1) is 15.2. The Balaban J connectivity index is 2.04. The van der Waals surface area contributed by atoms with Gasteiger partial charge < -0.3 is 4.74 Å². The van der Waals surface area contributed by atoms with Crippen molar-refractivity contribution >= 4 is 24.9 Å². The third-order valence-electron chi connectivity index (χ3n) is 5.76. The second-order valence-electron chi connectivity index (χ2n) is 9.51. The molecule has 0 spiro atoms. The van der Waals surface area contributed by atoms with Gasteiger partial charge >= 0.3 is 0 Å². The van der Waals surface area contributed by atoms with Crippen molar-refractivity contribution in [2.24, 2.45) is 0 Å². The number of rotatable bonds is 7. The zero-order valence-electron chi connectivity index (χ0n) is 19.3. The fraction of sp³-hybridized carbons (Fsp3) is 0.269. The van der Waals surface area contributed by atoms with Gasteiger partial charge in [-0.3, -0.25) is 4.79 Å². The third kappa shape index (κ3) is 3.98. The standard InChI is InChI=1S/C26H29N3O2Si/c1-19-10-14-21(15-11-19)26(18-32(3,4)5,25(30)20-12-16-22(31-2)17-13-20)29-24-9-7-6-8-23(24)27-28-29/h6-17H,18H2,1-5H3. The first-order valence-corrected chi connectivity index (χ1v) is 14.5. The lowest BCUT2D eigenvalue weighted by Crippen LogP contribution is -2.48. The Hall–Kier alpha value is -3.25. The molecule has 0 aliphatic heterocycles. The SMILES string of the molecule is COc1ccc(C(=O)C(C[Si](C)(C)C)(c2ccc(C)cc2)n2nnc3ccccc32)cc1. The highest BCUT2D eigenvalue weighted by atomic mass is 28.3. The highest BCUT2D eigenvalue weighted by Gasteiger charge is 2.47. The van der Waals surface area contributed by atoms with Crippen molar-refractivity contribution in [1.82, 2.24) is 15.0 Å². The van der Waals surface area contributed by atoms with E-state index in [1.807, 2.05) is 53.2 Å². The van der Waals surface area contributed by atoms with Gasteiger partial charge in [-0.15, -0.1) is 5.10 Å². The van der Waals surface area contributed by atoms with Crippen LogP contribution in [0.5, 0.6) is 5.75 Å². The molecule has 0 bridgehead atoms. The smallest absolute Gasteiger partial charge is 0.194 e. The molecule has 0 saturated carbocycles. The van der Waals surface area contributed by atoms with E-state index in [0.29, 0.717) is 11.6 Å². The minimum Gasteiger partial charge on any atom is -0.497 e. The first kappa shape index (κ1) is 22.0. The molecule has 0 saturated heterocycles. The number of aryl methyl sites for hydroxylation is 1. The van der Waals surface area contributed by atoms with Gasteiger partial charge in [0.25, 0.3) is 0 Å². The van der Waals surface area contributed by atoms with Crippen molar-refractivity contribution in [3.63, 3.8) is 0 Å². The predicted molar refractivity (Wildman–Crippen MR) is 131 cm³/mol. The molecule has 6 heteroatoms. The van der Waals surface area contributed by atoms with E-state index in [-0.39, 0.29) is 5.78 Å². The summed E-state index contributed by atoms with van der Waals surface area (Å²) < 4.78 is 7.17. The maximum absolute atomic E-state index is 14.5. The summed E-state index contributed by atoms with van der Waals surface area (Å²) in [7, 11) is -0.155. The number of nitrogens with zero attached hydrogens (tertiary/aromatic N) is 3. The van der Waals surface area contributed by atoms with E-state index in [2.05, 4.69) is 61.1 Å². The zero-order valence-corrected chi connectivity index (χ0v) is 20.3. The summed E-state index contributed by atoms with van der Waals surface area (Å²) in [6, 6.07) is 24.1. The molecule has 0 aliphatic carbocycles. The number of aromatic nitrogens is 3. The summed E-state index contributed by atoms with van der Waals surface area (Å²) >= 11 is 0. The number of fused-ring (bicyclic) bond motifs is 1. The van der Waals surface area contributed by atoms with E-state index < -0.39 is 13.6 Å². The van der Waals surface area contributed by atoms with E-state index in [1.54, 1.807) is 7.11 Å². The van der Waals surface area contributed by atoms with Crippen LogP contribution in [-0.4, -0.2) is 36.0 Å². The van der Waals surface area contributed by atoms with Gasteiger partial charge in [-0.2, -0.15) is 0 Å². The Kier molecular flexibility index (Phi) is 5.73. The van der Waals surface area contributed by atoms with Crippen LogP contribution in [0.15, 0.2) is 72.8 Å². The van der Waals surface area contributed by atoms with Gasteiger partial charge in [0, 0.05) is 13.6 Å². The largest absolute Gasteiger partial charge is 0.497 e. The Bertz CT molecular complexity index is 1240. The second-order valence-corrected chi connectivity index (χ2v) is 15.0. The van der Waals surface area contributed by atoms with Crippen molar-refractivity contribution in [2.75, 3.05) is 7.11 Å². The van der Waals surface area contributed by atoms with E-state index >= 15 is 0 Å². The fourth-order valence-electron chi connectivity index (χ4n) is 4.34. The van der Waals surface area contributed by atoms with Crippen LogP contribution in [0.1, 0.15) is 21.5 Å². The number of ether oxygens (including phenoxy) is 1. The maximum atomic E-state index is 14.5. The third-order valence-corrected chi connectivity index (χ3v) is 7.33. The molecule has 1 aromatic heterocycles. The summed E-state index contributed by atoms with van der Waals surface area (Å²) in [5.74, 6) is 0.737. The molecule has 32 heavy (non-hydrogen) atoms. The van der Waals surface area contributed by atoms with Crippen molar-refractivity contribution in [2.45, 2.75) is 38.1 Å². The van der Waals surface area contributed by atoms with Gasteiger partial charge in [-0.05, 0) is 54.9 Å². The molecular weight excluding hydrogens is 414 g/mol. The number of ketones is 1. The van der Waals surface area contributed by atoms with Crippen molar-refractivity contribution in [3.8, 4) is 5.75 Å². The molecule has 0 aliphatic rings. The van der Waals surface area contributed by atoms with Crippen molar-refractivity contribution < 1.29 is 9.53 Å². The van der Waals surface area contributed by atoms with Crippen LogP contribution < -0.4 is 4.74 Å². The number of methoxy groups -OCH3 is 1. The molecule has 164 valence electrons. The molecule has 0 fully saturated rings. The number of hydrogen-bond donors (Lipinski definition) is 0. The van der Waals surface area contributed by atoms with Crippen molar-refractivity contribution in [3.05, 3.63) is 89.5 Å². The van der Waals surface area contributed by atoms with Gasteiger partial charge in [0.05, 0.1) is 12.6 Å². The van der Waals surface area contributed by atoms with Crippen LogP contribution in [0.3, 0.4) is 0 Å². The molecular formula is C26H29N3O2Si. The van der Waals surface area contributed by atoms with Crippen LogP contribution >= 0.6 is 0 Å². The number of hydrogen-bond acceptors (Lipinski definition) is 4.